The molecule has 4 rings (SSSR count). The molecule has 0 saturated carbocycles. The van der Waals surface area contributed by atoms with Crippen LogP contribution in [0.5, 0.6) is 5.75 Å². The Labute approximate surface area is 181 Å². The van der Waals surface area contributed by atoms with Gasteiger partial charge in [0.25, 0.3) is 5.91 Å². The Morgan fingerprint density at radius 3 is 2.45 bits per heavy atom. The minimum atomic E-state index is -0.439. The van der Waals surface area contributed by atoms with Crippen molar-refractivity contribution in [3.63, 3.8) is 0 Å². The highest BCUT2D eigenvalue weighted by atomic mass is 16.5. The first kappa shape index (κ1) is 20.9. The van der Waals surface area contributed by atoms with Gasteiger partial charge in [-0.1, -0.05) is 35.4 Å². The minimum absolute atomic E-state index is 0.206. The zero-order valence-electron chi connectivity index (χ0n) is 17.8. The van der Waals surface area contributed by atoms with Crippen molar-refractivity contribution in [3.05, 3.63) is 71.6 Å². The van der Waals surface area contributed by atoms with Crippen LogP contribution in [0.15, 0.2) is 59.0 Å². The maximum absolute atomic E-state index is 12.9. The quantitative estimate of drug-likeness (QED) is 0.628. The molecule has 1 fully saturated rings. The fourth-order valence-corrected chi connectivity index (χ4v) is 3.53. The smallest absolute Gasteiger partial charge is 0.318 e. The second-order valence-electron chi connectivity index (χ2n) is 7.66. The van der Waals surface area contributed by atoms with E-state index in [-0.39, 0.29) is 5.91 Å². The van der Waals surface area contributed by atoms with Crippen LogP contribution in [0.25, 0.3) is 0 Å². The number of methoxy groups -OCH3 is 1. The molecule has 8 heteroatoms. The number of ether oxygens (including phenoxy) is 1. The number of carbonyl (C=O) groups is 1. The topological polar surface area (TPSA) is 83.7 Å². The van der Waals surface area contributed by atoms with Gasteiger partial charge >= 0.3 is 6.01 Å². The number of nitrogens with zero attached hydrogens (tertiary/aromatic N) is 4. The first-order chi connectivity index (χ1) is 15.1. The first-order valence-electron chi connectivity index (χ1n) is 10.4. The van der Waals surface area contributed by atoms with E-state index in [9.17, 15) is 4.79 Å². The third-order valence-corrected chi connectivity index (χ3v) is 5.44. The molecule has 0 radical (unpaired) electrons. The lowest BCUT2D eigenvalue weighted by Crippen LogP contribution is -2.44. The molecule has 2 aromatic carbocycles. The SMILES string of the molecule is COc1ccc(C(=O)N[C@H](Cc2ccccc2)c2nnc(N3CCN(C)CC3)o2)cc1. The van der Waals surface area contributed by atoms with Crippen LogP contribution in [0.2, 0.25) is 0 Å². The van der Waals surface area contributed by atoms with Crippen molar-refractivity contribution in [1.82, 2.24) is 20.4 Å². The van der Waals surface area contributed by atoms with E-state index in [2.05, 4.69) is 32.4 Å². The predicted molar refractivity (Wildman–Crippen MR) is 117 cm³/mol. The lowest BCUT2D eigenvalue weighted by Gasteiger charge is -2.30. The predicted octanol–water partition coefficient (Wildman–Crippen LogP) is 2.54. The average molecular weight is 422 g/mol. The molecule has 1 saturated heterocycles. The number of hydrogen-bond donors (Lipinski definition) is 1. The maximum Gasteiger partial charge on any atom is 0.318 e. The Bertz CT molecular complexity index is 982. The summed E-state index contributed by atoms with van der Waals surface area (Å²) >= 11 is 0. The lowest BCUT2D eigenvalue weighted by atomic mass is 10.1. The number of anilines is 1. The monoisotopic (exact) mass is 421 g/mol. The number of aromatic nitrogens is 2. The molecule has 162 valence electrons. The van der Waals surface area contributed by atoms with Gasteiger partial charge in [-0.25, -0.2) is 0 Å². The number of hydrogen-bond acceptors (Lipinski definition) is 7. The van der Waals surface area contributed by atoms with Gasteiger partial charge in [0.2, 0.25) is 5.89 Å². The zero-order valence-corrected chi connectivity index (χ0v) is 17.8. The van der Waals surface area contributed by atoms with Crippen LogP contribution in [0.3, 0.4) is 0 Å². The van der Waals surface area contributed by atoms with E-state index in [1.807, 2.05) is 30.3 Å². The molecular weight excluding hydrogens is 394 g/mol. The van der Waals surface area contributed by atoms with Crippen LogP contribution in [-0.2, 0) is 6.42 Å². The van der Waals surface area contributed by atoms with Gasteiger partial charge in [0, 0.05) is 38.2 Å². The molecule has 1 atom stereocenters. The van der Waals surface area contributed by atoms with Gasteiger partial charge in [-0.15, -0.1) is 5.10 Å². The van der Waals surface area contributed by atoms with Crippen LogP contribution in [0.4, 0.5) is 6.01 Å². The molecule has 1 N–H and O–H groups in total. The summed E-state index contributed by atoms with van der Waals surface area (Å²) in [6, 6.07) is 17.0. The Balaban J connectivity index is 1.53. The van der Waals surface area contributed by atoms with Gasteiger partial charge in [0.1, 0.15) is 11.8 Å². The second-order valence-corrected chi connectivity index (χ2v) is 7.66. The highest BCUT2D eigenvalue weighted by Crippen LogP contribution is 2.23. The summed E-state index contributed by atoms with van der Waals surface area (Å²) in [4.78, 5) is 17.3. The Kier molecular flexibility index (Phi) is 6.47. The molecule has 1 aliphatic heterocycles. The number of nitrogens with one attached hydrogen (secondary N) is 1. The van der Waals surface area contributed by atoms with E-state index < -0.39 is 6.04 Å². The molecule has 2 heterocycles. The summed E-state index contributed by atoms with van der Waals surface area (Å²) in [5.41, 5.74) is 1.61. The number of piperazine rings is 1. The fourth-order valence-electron chi connectivity index (χ4n) is 3.53. The van der Waals surface area contributed by atoms with E-state index in [0.29, 0.717) is 29.6 Å². The summed E-state index contributed by atoms with van der Waals surface area (Å²) in [6.45, 7) is 3.55. The van der Waals surface area contributed by atoms with Crippen LogP contribution < -0.4 is 15.0 Å². The summed E-state index contributed by atoms with van der Waals surface area (Å²) in [7, 11) is 3.69. The fraction of sp³-hybridized carbons (Fsp3) is 0.348. The lowest BCUT2D eigenvalue weighted by molar-refractivity contribution is 0.0930. The average Bonchev–Trinajstić information content (AvgIpc) is 3.30. The molecular formula is C23H27N5O3. The second kappa shape index (κ2) is 9.61. The molecule has 3 aromatic rings. The van der Waals surface area contributed by atoms with Crippen LogP contribution in [0.1, 0.15) is 27.9 Å². The maximum atomic E-state index is 12.9. The molecule has 31 heavy (non-hydrogen) atoms. The number of benzene rings is 2. The third kappa shape index (κ3) is 5.21. The van der Waals surface area contributed by atoms with Gasteiger partial charge < -0.3 is 24.3 Å². The third-order valence-electron chi connectivity index (χ3n) is 5.44. The summed E-state index contributed by atoms with van der Waals surface area (Å²) in [5, 5.41) is 11.6. The zero-order chi connectivity index (χ0) is 21.6. The highest BCUT2D eigenvalue weighted by molar-refractivity contribution is 5.94. The molecule has 0 unspecified atom stereocenters. The number of amides is 1. The highest BCUT2D eigenvalue weighted by Gasteiger charge is 2.25. The molecule has 1 aromatic heterocycles. The van der Waals surface area contributed by atoms with E-state index in [0.717, 1.165) is 31.7 Å². The minimum Gasteiger partial charge on any atom is -0.497 e. The van der Waals surface area contributed by atoms with Crippen molar-refractivity contribution >= 4 is 11.9 Å². The van der Waals surface area contributed by atoms with Gasteiger partial charge in [-0.05, 0) is 36.9 Å². The van der Waals surface area contributed by atoms with Crippen molar-refractivity contribution in [3.8, 4) is 5.75 Å². The van der Waals surface area contributed by atoms with Crippen molar-refractivity contribution < 1.29 is 13.9 Å². The van der Waals surface area contributed by atoms with E-state index >= 15 is 0 Å². The Morgan fingerprint density at radius 2 is 1.77 bits per heavy atom. The van der Waals surface area contributed by atoms with E-state index in [4.69, 9.17) is 9.15 Å². The Morgan fingerprint density at radius 1 is 1.06 bits per heavy atom. The first-order valence-corrected chi connectivity index (χ1v) is 10.4. The standard InChI is InChI=1S/C23H27N5O3/c1-27-12-14-28(15-13-27)23-26-25-22(31-23)20(16-17-6-4-3-5-7-17)24-21(29)18-8-10-19(30-2)11-9-18/h3-11,20H,12-16H2,1-2H3,(H,24,29)/t20-/m1/s1. The molecule has 0 bridgehead atoms. The summed E-state index contributed by atoms with van der Waals surface area (Å²) < 4.78 is 11.2. The number of rotatable bonds is 7. The van der Waals surface area contributed by atoms with Gasteiger partial charge in [-0.3, -0.25) is 4.79 Å². The van der Waals surface area contributed by atoms with Gasteiger partial charge in [0.15, 0.2) is 0 Å². The van der Waals surface area contributed by atoms with Crippen LogP contribution >= 0.6 is 0 Å². The van der Waals surface area contributed by atoms with Crippen molar-refractivity contribution in [2.24, 2.45) is 0 Å². The van der Waals surface area contributed by atoms with Gasteiger partial charge in [-0.2, -0.15) is 0 Å². The summed E-state index contributed by atoms with van der Waals surface area (Å²) in [5.74, 6) is 0.897. The molecule has 1 aliphatic rings. The van der Waals surface area contributed by atoms with E-state index in [1.54, 1.807) is 31.4 Å². The van der Waals surface area contributed by atoms with Crippen LogP contribution in [0, 0.1) is 0 Å². The number of likely N-dealkylation sites (N-methyl/N-ethyl adjacent to an activating group) is 1. The molecule has 0 aliphatic carbocycles. The largest absolute Gasteiger partial charge is 0.497 e. The Hall–Kier alpha value is -3.39. The van der Waals surface area contributed by atoms with Crippen LogP contribution in [-0.4, -0.2) is 61.3 Å². The van der Waals surface area contributed by atoms with Crippen molar-refractivity contribution in [2.45, 2.75) is 12.5 Å². The molecule has 1 amide bonds. The van der Waals surface area contributed by atoms with Crippen molar-refractivity contribution in [2.75, 3.05) is 45.2 Å². The summed E-state index contributed by atoms with van der Waals surface area (Å²) in [6.07, 6.45) is 0.549. The number of carbonyl (C=O) groups excluding carboxylic acids is 1. The van der Waals surface area contributed by atoms with Crippen molar-refractivity contribution in [1.29, 1.82) is 0 Å². The molecule has 8 nitrogen and oxygen atoms in total. The normalized spacial score (nSPS) is 15.5. The van der Waals surface area contributed by atoms with E-state index in [1.165, 1.54) is 0 Å². The molecule has 0 spiro atoms. The van der Waals surface area contributed by atoms with Gasteiger partial charge in [0.05, 0.1) is 7.11 Å².